The van der Waals surface area contributed by atoms with Gasteiger partial charge < -0.3 is 5.11 Å². The first kappa shape index (κ1) is 13.0. The van der Waals surface area contributed by atoms with Crippen LogP contribution in [0.5, 0.6) is 0 Å². The first-order valence-electron chi connectivity index (χ1n) is 6.37. The molecule has 102 valence electrons. The van der Waals surface area contributed by atoms with Crippen molar-refractivity contribution < 1.29 is 14.7 Å². The molecule has 0 heterocycles. The van der Waals surface area contributed by atoms with E-state index in [1.54, 1.807) is 42.5 Å². The molecule has 0 saturated carbocycles. The Morgan fingerprint density at radius 1 is 0.810 bits per heavy atom. The molecule has 0 fully saturated rings. The average molecular weight is 277 g/mol. The van der Waals surface area contributed by atoms with E-state index in [2.05, 4.69) is 0 Å². The maximum absolute atomic E-state index is 12.5. The highest BCUT2D eigenvalue weighted by Gasteiger charge is 2.35. The molecule has 1 aliphatic rings. The lowest BCUT2D eigenvalue weighted by molar-refractivity contribution is 0.0996. The lowest BCUT2D eigenvalue weighted by Gasteiger charge is -2.18. The highest BCUT2D eigenvalue weighted by molar-refractivity contribution is 6.61. The van der Waals surface area contributed by atoms with Gasteiger partial charge in [0.1, 0.15) is 11.5 Å². The molecule has 0 spiro atoms. The number of fused-ring (bicyclic) bond motifs is 1. The van der Waals surface area contributed by atoms with Crippen molar-refractivity contribution in [2.24, 2.45) is 0 Å². The minimum Gasteiger partial charge on any atom is -0.506 e. The van der Waals surface area contributed by atoms with Gasteiger partial charge in [-0.1, -0.05) is 54.6 Å². The van der Waals surface area contributed by atoms with E-state index in [0.717, 1.165) is 0 Å². The van der Waals surface area contributed by atoms with Crippen molar-refractivity contribution in [3.63, 3.8) is 0 Å². The molecule has 1 aliphatic carbocycles. The summed E-state index contributed by atoms with van der Waals surface area (Å²) in [5.74, 6) is -1.40. The highest BCUT2D eigenvalue weighted by Crippen LogP contribution is 2.27. The van der Waals surface area contributed by atoms with E-state index in [1.165, 1.54) is 12.1 Å². The summed E-state index contributed by atoms with van der Waals surface area (Å²) in [6, 6.07) is 14.8. The molecule has 0 amide bonds. The third kappa shape index (κ3) is 1.97. The molecule has 3 rings (SSSR count). The number of hydrogen-bond acceptors (Lipinski definition) is 4. The van der Waals surface area contributed by atoms with Crippen LogP contribution in [-0.2, 0) is 0 Å². The van der Waals surface area contributed by atoms with Gasteiger partial charge in [-0.05, 0) is 0 Å². The Kier molecular flexibility index (Phi) is 2.99. The Morgan fingerprint density at radius 2 is 1.33 bits per heavy atom. The predicted octanol–water partition coefficient (Wildman–Crippen LogP) is 3.05. The first-order valence-corrected chi connectivity index (χ1v) is 6.37. The van der Waals surface area contributed by atoms with Gasteiger partial charge in [-0.3, -0.25) is 15.0 Å². The van der Waals surface area contributed by atoms with Crippen molar-refractivity contribution in [1.29, 1.82) is 5.41 Å². The van der Waals surface area contributed by atoms with Gasteiger partial charge in [-0.15, -0.1) is 0 Å². The quantitative estimate of drug-likeness (QED) is 0.621. The van der Waals surface area contributed by atoms with Gasteiger partial charge in [-0.2, -0.15) is 0 Å². The summed E-state index contributed by atoms with van der Waals surface area (Å²) in [5, 5.41) is 18.2. The number of ketones is 2. The number of nitrogens with one attached hydrogen (secondary N) is 1. The fourth-order valence-corrected chi connectivity index (χ4v) is 2.34. The third-order valence-corrected chi connectivity index (χ3v) is 3.40. The van der Waals surface area contributed by atoms with E-state index >= 15 is 0 Å². The fourth-order valence-electron chi connectivity index (χ4n) is 2.34. The molecule has 0 saturated heterocycles. The SMILES string of the molecule is N=C1C(=O)c2ccccc2C(=O)C1=C(O)c1ccccc1. The largest absolute Gasteiger partial charge is 0.506 e. The molecule has 0 bridgehead atoms. The average Bonchev–Trinajstić information content (AvgIpc) is 2.53. The Morgan fingerprint density at radius 3 is 1.95 bits per heavy atom. The standard InChI is InChI=1S/C17H11NO3/c18-14-13(15(19)10-6-2-1-3-7-10)16(20)11-8-4-5-9-12(11)17(14)21/h1-9,18-19H. The highest BCUT2D eigenvalue weighted by atomic mass is 16.3. The number of rotatable bonds is 1. The summed E-state index contributed by atoms with van der Waals surface area (Å²) < 4.78 is 0. The van der Waals surface area contributed by atoms with Crippen LogP contribution >= 0.6 is 0 Å². The Bertz CT molecular complexity index is 804. The van der Waals surface area contributed by atoms with Crippen LogP contribution in [0.1, 0.15) is 26.3 Å². The molecule has 0 radical (unpaired) electrons. The Hall–Kier alpha value is -3.01. The van der Waals surface area contributed by atoms with Crippen molar-refractivity contribution in [3.05, 3.63) is 76.9 Å². The van der Waals surface area contributed by atoms with Crippen LogP contribution in [0.2, 0.25) is 0 Å². The van der Waals surface area contributed by atoms with E-state index in [1.807, 2.05) is 0 Å². The van der Waals surface area contributed by atoms with Gasteiger partial charge in [0.15, 0.2) is 5.78 Å². The summed E-state index contributed by atoms with van der Waals surface area (Å²) in [4.78, 5) is 24.7. The topological polar surface area (TPSA) is 78.2 Å². The van der Waals surface area contributed by atoms with Crippen LogP contribution in [0.25, 0.3) is 5.76 Å². The molecule has 2 aromatic rings. The predicted molar refractivity (Wildman–Crippen MR) is 78.8 cm³/mol. The summed E-state index contributed by atoms with van der Waals surface area (Å²) >= 11 is 0. The van der Waals surface area contributed by atoms with Crippen LogP contribution in [0.4, 0.5) is 0 Å². The monoisotopic (exact) mass is 277 g/mol. The van der Waals surface area contributed by atoms with Gasteiger partial charge >= 0.3 is 0 Å². The maximum atomic E-state index is 12.5. The second-order valence-corrected chi connectivity index (χ2v) is 4.67. The molecular weight excluding hydrogens is 266 g/mol. The molecule has 0 atom stereocenters. The van der Waals surface area contributed by atoms with E-state index in [9.17, 15) is 14.7 Å². The number of aliphatic hydroxyl groups is 1. The van der Waals surface area contributed by atoms with Gasteiger partial charge in [0.05, 0.1) is 5.57 Å². The van der Waals surface area contributed by atoms with Crippen molar-refractivity contribution >= 4 is 23.0 Å². The summed E-state index contributed by atoms with van der Waals surface area (Å²) in [5.41, 5.74) is 0.107. The number of allylic oxidation sites excluding steroid dienone is 1. The maximum Gasteiger partial charge on any atom is 0.212 e. The third-order valence-electron chi connectivity index (χ3n) is 3.40. The summed E-state index contributed by atoms with van der Waals surface area (Å²) in [7, 11) is 0. The van der Waals surface area contributed by atoms with E-state index in [4.69, 9.17) is 5.41 Å². The zero-order valence-corrected chi connectivity index (χ0v) is 11.0. The molecule has 2 N–H and O–H groups in total. The van der Waals surface area contributed by atoms with Crippen molar-refractivity contribution in [1.82, 2.24) is 0 Å². The number of aliphatic hydroxyl groups excluding tert-OH is 1. The molecule has 0 aliphatic heterocycles. The van der Waals surface area contributed by atoms with Gasteiger partial charge in [0, 0.05) is 16.7 Å². The van der Waals surface area contributed by atoms with Gasteiger partial charge in [0.2, 0.25) is 5.78 Å². The van der Waals surface area contributed by atoms with E-state index < -0.39 is 17.3 Å². The molecule has 2 aromatic carbocycles. The minimum absolute atomic E-state index is 0.206. The van der Waals surface area contributed by atoms with Crippen LogP contribution in [0, 0.1) is 5.41 Å². The smallest absolute Gasteiger partial charge is 0.212 e. The van der Waals surface area contributed by atoms with Gasteiger partial charge in [-0.25, -0.2) is 0 Å². The zero-order chi connectivity index (χ0) is 15.0. The zero-order valence-electron chi connectivity index (χ0n) is 11.0. The van der Waals surface area contributed by atoms with Crippen LogP contribution in [0.15, 0.2) is 60.2 Å². The molecule has 0 aromatic heterocycles. The summed E-state index contributed by atoms with van der Waals surface area (Å²) in [6.07, 6.45) is 0. The number of carbonyl (C=O) groups is 2. The Balaban J connectivity index is 2.24. The molecule has 0 unspecified atom stereocenters. The second kappa shape index (κ2) is 4.83. The molecule has 21 heavy (non-hydrogen) atoms. The molecular formula is C17H11NO3. The van der Waals surface area contributed by atoms with Crippen LogP contribution < -0.4 is 0 Å². The minimum atomic E-state index is -0.553. The van der Waals surface area contributed by atoms with Crippen molar-refractivity contribution in [2.45, 2.75) is 0 Å². The van der Waals surface area contributed by atoms with E-state index in [-0.39, 0.29) is 22.5 Å². The second-order valence-electron chi connectivity index (χ2n) is 4.67. The first-order chi connectivity index (χ1) is 10.1. The summed E-state index contributed by atoms with van der Waals surface area (Å²) in [6.45, 7) is 0. The molecule has 4 nitrogen and oxygen atoms in total. The van der Waals surface area contributed by atoms with E-state index in [0.29, 0.717) is 5.56 Å². The lowest BCUT2D eigenvalue weighted by atomic mass is 9.83. The van der Waals surface area contributed by atoms with Crippen LogP contribution in [-0.4, -0.2) is 22.4 Å². The number of Topliss-reactive ketones (excluding diaryl/α,β-unsaturated/α-hetero) is 2. The number of benzene rings is 2. The fraction of sp³-hybridized carbons (Fsp3) is 0. The lowest BCUT2D eigenvalue weighted by Crippen LogP contribution is -2.30. The van der Waals surface area contributed by atoms with Gasteiger partial charge in [0.25, 0.3) is 0 Å². The number of carbonyl (C=O) groups excluding carboxylic acids is 2. The number of hydrogen-bond donors (Lipinski definition) is 2. The Labute approximate surface area is 120 Å². The molecule has 4 heteroatoms. The normalized spacial score (nSPS) is 16.7. The van der Waals surface area contributed by atoms with Crippen LogP contribution in [0.3, 0.4) is 0 Å². The van der Waals surface area contributed by atoms with Crippen molar-refractivity contribution in [2.75, 3.05) is 0 Å². The van der Waals surface area contributed by atoms with Crippen molar-refractivity contribution in [3.8, 4) is 0 Å².